The number of benzene rings is 1. The molecule has 0 aromatic heterocycles. The summed E-state index contributed by atoms with van der Waals surface area (Å²) in [5.74, 6) is -0.638. The van der Waals surface area contributed by atoms with Crippen molar-refractivity contribution in [3.63, 3.8) is 0 Å². The van der Waals surface area contributed by atoms with Crippen LogP contribution in [0.2, 0.25) is 0 Å². The molecule has 0 unspecified atom stereocenters. The topological polar surface area (TPSA) is 64.4 Å². The molecule has 0 saturated heterocycles. The van der Waals surface area contributed by atoms with Crippen molar-refractivity contribution in [3.8, 4) is 5.75 Å². The molecule has 1 rings (SSSR count). The monoisotopic (exact) mass is 292 g/mol. The predicted octanol–water partition coefficient (Wildman–Crippen LogP) is 2.09. The molecule has 0 spiro atoms. The fourth-order valence-electron chi connectivity index (χ4n) is 1.08. The molecule has 0 bridgehead atoms. The Labute approximate surface area is 99.9 Å². The minimum atomic E-state index is -0.681. The van der Waals surface area contributed by atoms with Crippen LogP contribution < -0.4 is 10.1 Å². The van der Waals surface area contributed by atoms with Gasteiger partial charge >= 0.3 is 5.69 Å². The van der Waals surface area contributed by atoms with Crippen molar-refractivity contribution in [2.75, 3.05) is 20.2 Å². The lowest BCUT2D eigenvalue weighted by atomic mass is 10.3. The molecule has 1 aromatic rings. The molecule has 1 aromatic carbocycles. The van der Waals surface area contributed by atoms with Crippen LogP contribution in [0.4, 0.5) is 10.1 Å². The van der Waals surface area contributed by atoms with E-state index in [1.807, 2.05) is 0 Å². The normalized spacial score (nSPS) is 10.2. The lowest BCUT2D eigenvalue weighted by Gasteiger charge is -2.08. The number of hydrogen-bond donors (Lipinski definition) is 1. The molecule has 5 nitrogen and oxygen atoms in total. The van der Waals surface area contributed by atoms with E-state index in [2.05, 4.69) is 21.2 Å². The third kappa shape index (κ3) is 3.14. The van der Waals surface area contributed by atoms with Gasteiger partial charge in [-0.25, -0.2) is 4.39 Å². The summed E-state index contributed by atoms with van der Waals surface area (Å²) >= 11 is 3.03. The average Bonchev–Trinajstić information content (AvgIpc) is 2.20. The van der Waals surface area contributed by atoms with Crippen molar-refractivity contribution >= 4 is 21.6 Å². The second-order valence-electron chi connectivity index (χ2n) is 2.94. The molecule has 0 saturated carbocycles. The van der Waals surface area contributed by atoms with Gasteiger partial charge in [-0.15, -0.1) is 0 Å². The summed E-state index contributed by atoms with van der Waals surface area (Å²) < 4.78 is 18.4. The predicted molar refractivity (Wildman–Crippen MR) is 60.2 cm³/mol. The number of likely N-dealkylation sites (N-methyl/N-ethyl adjacent to an activating group) is 1. The second kappa shape index (κ2) is 5.76. The van der Waals surface area contributed by atoms with Crippen molar-refractivity contribution in [1.29, 1.82) is 0 Å². The second-order valence-corrected chi connectivity index (χ2v) is 3.80. The van der Waals surface area contributed by atoms with E-state index in [1.54, 1.807) is 7.05 Å². The van der Waals surface area contributed by atoms with Crippen molar-refractivity contribution in [2.24, 2.45) is 0 Å². The molecule has 7 heteroatoms. The van der Waals surface area contributed by atoms with Crippen molar-refractivity contribution in [2.45, 2.75) is 0 Å². The first-order valence-corrected chi connectivity index (χ1v) is 5.26. The van der Waals surface area contributed by atoms with Crippen LogP contribution >= 0.6 is 15.9 Å². The van der Waals surface area contributed by atoms with Gasteiger partial charge < -0.3 is 10.1 Å². The lowest BCUT2D eigenvalue weighted by Crippen LogP contribution is -2.16. The third-order valence-electron chi connectivity index (χ3n) is 1.78. The number of nitro benzene ring substituents is 1. The summed E-state index contributed by atoms with van der Waals surface area (Å²) in [4.78, 5) is 10.0. The molecule has 88 valence electrons. The summed E-state index contributed by atoms with van der Waals surface area (Å²) in [5.41, 5.74) is -0.386. The first-order valence-electron chi connectivity index (χ1n) is 4.47. The van der Waals surface area contributed by atoms with Crippen LogP contribution in [0.5, 0.6) is 5.75 Å². The number of nitro groups is 1. The Hall–Kier alpha value is -1.21. The van der Waals surface area contributed by atoms with Gasteiger partial charge in [0.15, 0.2) is 0 Å². The van der Waals surface area contributed by atoms with E-state index in [0.29, 0.717) is 6.54 Å². The van der Waals surface area contributed by atoms with Gasteiger partial charge in [0.1, 0.15) is 12.4 Å². The Morgan fingerprint density at radius 1 is 1.62 bits per heavy atom. The van der Waals surface area contributed by atoms with E-state index in [9.17, 15) is 14.5 Å². The van der Waals surface area contributed by atoms with Gasteiger partial charge in [-0.05, 0) is 29.0 Å². The zero-order valence-electron chi connectivity index (χ0n) is 8.50. The highest BCUT2D eigenvalue weighted by molar-refractivity contribution is 9.10. The van der Waals surface area contributed by atoms with Crippen LogP contribution in [0.3, 0.4) is 0 Å². The fraction of sp³-hybridized carbons (Fsp3) is 0.333. The molecule has 0 atom stereocenters. The largest absolute Gasteiger partial charge is 0.485 e. The molecule has 0 aliphatic rings. The third-order valence-corrected chi connectivity index (χ3v) is 2.37. The van der Waals surface area contributed by atoms with E-state index >= 15 is 0 Å². The molecular weight excluding hydrogens is 283 g/mol. The molecule has 0 heterocycles. The van der Waals surface area contributed by atoms with Gasteiger partial charge in [0, 0.05) is 6.54 Å². The number of nitrogens with one attached hydrogen (secondary N) is 1. The minimum absolute atomic E-state index is 0.0432. The summed E-state index contributed by atoms with van der Waals surface area (Å²) in [6.07, 6.45) is 0. The van der Waals surface area contributed by atoms with Crippen LogP contribution in [-0.4, -0.2) is 25.1 Å². The van der Waals surface area contributed by atoms with Gasteiger partial charge in [0.25, 0.3) is 0 Å². The summed E-state index contributed by atoms with van der Waals surface area (Å²) in [6.45, 7) is 0.808. The number of halogens is 2. The van der Waals surface area contributed by atoms with Gasteiger partial charge in [-0.1, -0.05) is 0 Å². The van der Waals surface area contributed by atoms with Crippen molar-refractivity contribution in [1.82, 2.24) is 5.32 Å². The summed E-state index contributed by atoms with van der Waals surface area (Å²) in [6, 6.07) is 1.96. The van der Waals surface area contributed by atoms with Crippen LogP contribution in [0.1, 0.15) is 0 Å². The lowest BCUT2D eigenvalue weighted by molar-refractivity contribution is -0.386. The van der Waals surface area contributed by atoms with Crippen LogP contribution in [0, 0.1) is 15.9 Å². The highest BCUT2D eigenvalue weighted by Crippen LogP contribution is 2.35. The summed E-state index contributed by atoms with van der Waals surface area (Å²) in [7, 11) is 1.73. The Bertz CT molecular complexity index is 401. The van der Waals surface area contributed by atoms with Crippen LogP contribution in [0.25, 0.3) is 0 Å². The Morgan fingerprint density at radius 2 is 2.31 bits per heavy atom. The molecule has 0 aliphatic heterocycles. The van der Waals surface area contributed by atoms with Crippen LogP contribution in [0.15, 0.2) is 16.6 Å². The molecular formula is C9H10BrFN2O3. The Balaban J connectivity index is 2.99. The highest BCUT2D eigenvalue weighted by Gasteiger charge is 2.20. The van der Waals surface area contributed by atoms with Crippen molar-refractivity contribution in [3.05, 3.63) is 32.5 Å². The Kier molecular flexibility index (Phi) is 4.63. The van der Waals surface area contributed by atoms with E-state index in [1.165, 1.54) is 0 Å². The number of nitrogens with zero attached hydrogens (tertiary/aromatic N) is 1. The number of hydrogen-bond acceptors (Lipinski definition) is 4. The minimum Gasteiger partial charge on any atom is -0.485 e. The molecule has 1 N–H and O–H groups in total. The number of rotatable bonds is 5. The highest BCUT2D eigenvalue weighted by atomic mass is 79.9. The fourth-order valence-corrected chi connectivity index (χ4v) is 1.62. The molecule has 0 aliphatic carbocycles. The van der Waals surface area contributed by atoms with E-state index < -0.39 is 10.7 Å². The van der Waals surface area contributed by atoms with Gasteiger partial charge in [0.05, 0.1) is 15.5 Å². The summed E-state index contributed by atoms with van der Waals surface area (Å²) in [5, 5.41) is 13.5. The van der Waals surface area contributed by atoms with E-state index in [0.717, 1.165) is 12.1 Å². The zero-order valence-corrected chi connectivity index (χ0v) is 10.1. The Morgan fingerprint density at radius 3 is 2.88 bits per heavy atom. The molecule has 16 heavy (non-hydrogen) atoms. The smallest absolute Gasteiger partial charge is 0.315 e. The zero-order chi connectivity index (χ0) is 12.1. The van der Waals surface area contributed by atoms with Crippen molar-refractivity contribution < 1.29 is 14.1 Å². The first kappa shape index (κ1) is 12.9. The number of ether oxygens (including phenoxy) is 1. The molecule has 0 amide bonds. The molecule has 0 radical (unpaired) electrons. The average molecular weight is 293 g/mol. The standard InChI is InChI=1S/C9H10BrFN2O3/c1-12-2-3-16-9-7(10)4-6(11)5-8(9)13(14)15/h4-5,12H,2-3H2,1H3. The van der Waals surface area contributed by atoms with Gasteiger partial charge in [-0.2, -0.15) is 0 Å². The maximum Gasteiger partial charge on any atom is 0.315 e. The maximum absolute atomic E-state index is 13.0. The SMILES string of the molecule is CNCCOc1c(Br)cc(F)cc1[N+](=O)[O-]. The van der Waals surface area contributed by atoms with Crippen LogP contribution in [-0.2, 0) is 0 Å². The van der Waals surface area contributed by atoms with Gasteiger partial charge in [0.2, 0.25) is 5.75 Å². The van der Waals surface area contributed by atoms with Gasteiger partial charge in [-0.3, -0.25) is 10.1 Å². The maximum atomic E-state index is 13.0. The quantitative estimate of drug-likeness (QED) is 0.513. The van der Waals surface area contributed by atoms with E-state index in [4.69, 9.17) is 4.74 Å². The van der Waals surface area contributed by atoms with E-state index in [-0.39, 0.29) is 22.5 Å². The first-order chi connectivity index (χ1) is 7.56. The molecule has 0 fully saturated rings.